The predicted molar refractivity (Wildman–Crippen MR) is 122 cm³/mol. The molecule has 3 heterocycles. The van der Waals surface area contributed by atoms with E-state index >= 15 is 0 Å². The molecule has 36 heavy (non-hydrogen) atoms. The number of hydrogen-bond acceptors (Lipinski definition) is 6. The Morgan fingerprint density at radius 3 is 2.36 bits per heavy atom. The number of benzene rings is 1. The van der Waals surface area contributed by atoms with Crippen molar-refractivity contribution in [1.82, 2.24) is 19.3 Å². The van der Waals surface area contributed by atoms with Crippen molar-refractivity contribution in [2.24, 2.45) is 0 Å². The maximum absolute atomic E-state index is 14.6. The van der Waals surface area contributed by atoms with Crippen LogP contribution in [-0.4, -0.2) is 51.7 Å². The van der Waals surface area contributed by atoms with Crippen molar-refractivity contribution in [2.45, 2.75) is 55.5 Å². The Morgan fingerprint density at radius 2 is 1.72 bits per heavy atom. The summed E-state index contributed by atoms with van der Waals surface area (Å²) in [5.74, 6) is -1.69. The largest absolute Gasteiger partial charge is 0.451 e. The van der Waals surface area contributed by atoms with Crippen LogP contribution in [0.4, 0.5) is 17.6 Å². The minimum absolute atomic E-state index is 0.0168. The molecule has 0 saturated carbocycles. The fourth-order valence-electron chi connectivity index (χ4n) is 4.17. The Balaban J connectivity index is 1.49. The van der Waals surface area contributed by atoms with Crippen molar-refractivity contribution >= 4 is 15.8 Å². The number of carbonyl (C=O) groups is 1. The molecule has 1 fully saturated rings. The molecule has 1 aliphatic heterocycles. The van der Waals surface area contributed by atoms with E-state index in [9.17, 15) is 30.8 Å². The van der Waals surface area contributed by atoms with Crippen LogP contribution >= 0.6 is 0 Å². The van der Waals surface area contributed by atoms with E-state index in [-0.39, 0.29) is 24.2 Å². The van der Waals surface area contributed by atoms with Crippen LogP contribution < -0.4 is 0 Å². The summed E-state index contributed by atoms with van der Waals surface area (Å²) in [7, 11) is -4.09. The molecule has 3 aromatic rings. The Labute approximate surface area is 205 Å². The minimum atomic E-state index is -4.65. The molecule has 3 atom stereocenters. The molecule has 0 bridgehead atoms. The zero-order chi connectivity index (χ0) is 26.1. The van der Waals surface area contributed by atoms with E-state index in [0.717, 1.165) is 16.7 Å². The number of nitrogens with zero attached hydrogens (tertiary/aromatic N) is 4. The standard InChI is InChI=1S/C24H22F4N4O3S/c1-15-20(25)12-21(32(15)36(34,35)19-5-3-2-4-6-19)22(33)8-7-18-11-16(9-10-29-18)17-13-30-23(31-14-17)24(26,27)28/h2-6,9-11,13-15,20-21H,7-8,12H2,1H3/t15-,20+,21-/m0/s1. The highest BCUT2D eigenvalue weighted by molar-refractivity contribution is 7.89. The van der Waals surface area contributed by atoms with Crippen molar-refractivity contribution in [3.8, 4) is 11.1 Å². The number of Topliss-reactive ketones (excluding diaryl/α,β-unsaturated/α-hetero) is 1. The number of halogens is 4. The van der Waals surface area contributed by atoms with Crippen molar-refractivity contribution in [3.63, 3.8) is 0 Å². The first-order valence-corrected chi connectivity index (χ1v) is 12.5. The molecule has 1 saturated heterocycles. The summed E-state index contributed by atoms with van der Waals surface area (Å²) in [5, 5.41) is 0. The van der Waals surface area contributed by atoms with Crippen molar-refractivity contribution in [3.05, 3.63) is 72.6 Å². The van der Waals surface area contributed by atoms with Gasteiger partial charge in [-0.05, 0) is 43.2 Å². The Hall–Kier alpha value is -3.25. The highest BCUT2D eigenvalue weighted by Crippen LogP contribution is 2.34. The van der Waals surface area contributed by atoms with Gasteiger partial charge in [0.15, 0.2) is 5.78 Å². The van der Waals surface area contributed by atoms with Crippen molar-refractivity contribution in [2.75, 3.05) is 0 Å². The molecule has 0 spiro atoms. The van der Waals surface area contributed by atoms with Crippen LogP contribution in [0.3, 0.4) is 0 Å². The van der Waals surface area contributed by atoms with Gasteiger partial charge in [0.1, 0.15) is 6.17 Å². The number of pyridine rings is 1. The first-order valence-electron chi connectivity index (χ1n) is 11.1. The van der Waals surface area contributed by atoms with Gasteiger partial charge in [-0.15, -0.1) is 0 Å². The van der Waals surface area contributed by atoms with Crippen LogP contribution in [-0.2, 0) is 27.4 Å². The molecule has 12 heteroatoms. The molecular weight excluding hydrogens is 500 g/mol. The van der Waals surface area contributed by atoms with Crippen LogP contribution in [0.25, 0.3) is 11.1 Å². The SMILES string of the molecule is C[C@H]1[C@H](F)C[C@@H](C(=O)CCc2cc(-c3cnc(C(F)(F)F)nc3)ccn2)N1S(=O)(=O)c1ccccc1. The van der Waals surface area contributed by atoms with Crippen molar-refractivity contribution < 1.29 is 30.8 Å². The van der Waals surface area contributed by atoms with Crippen LogP contribution in [0.2, 0.25) is 0 Å². The molecule has 1 aliphatic rings. The van der Waals surface area contributed by atoms with Gasteiger partial charge in [-0.3, -0.25) is 9.78 Å². The molecule has 2 aromatic heterocycles. The zero-order valence-corrected chi connectivity index (χ0v) is 19.9. The number of aryl methyl sites for hydroxylation is 1. The summed E-state index contributed by atoms with van der Waals surface area (Å²) in [6, 6.07) is 8.58. The normalized spacial score (nSPS) is 21.0. The topological polar surface area (TPSA) is 93.1 Å². The van der Waals surface area contributed by atoms with Crippen LogP contribution in [0.5, 0.6) is 0 Å². The third kappa shape index (κ3) is 5.29. The summed E-state index contributed by atoms with van der Waals surface area (Å²) < 4.78 is 80.0. The second-order valence-electron chi connectivity index (χ2n) is 8.45. The van der Waals surface area contributed by atoms with Gasteiger partial charge in [-0.25, -0.2) is 22.8 Å². The second-order valence-corrected chi connectivity index (χ2v) is 10.3. The Morgan fingerprint density at radius 1 is 1.06 bits per heavy atom. The minimum Gasteiger partial charge on any atom is -0.298 e. The second kappa shape index (κ2) is 10.0. The smallest absolute Gasteiger partial charge is 0.298 e. The van der Waals surface area contributed by atoms with E-state index in [1.807, 2.05) is 0 Å². The molecule has 0 aliphatic carbocycles. The summed E-state index contributed by atoms with van der Waals surface area (Å²) in [4.78, 5) is 23.9. The van der Waals surface area contributed by atoms with E-state index in [1.165, 1.54) is 25.3 Å². The van der Waals surface area contributed by atoms with Gasteiger partial charge in [0.25, 0.3) is 0 Å². The number of carbonyl (C=O) groups excluding carboxylic acids is 1. The molecule has 0 unspecified atom stereocenters. The van der Waals surface area contributed by atoms with E-state index in [4.69, 9.17) is 0 Å². The lowest BCUT2D eigenvalue weighted by molar-refractivity contribution is -0.145. The maximum Gasteiger partial charge on any atom is 0.451 e. The van der Waals surface area contributed by atoms with Gasteiger partial charge in [0, 0.05) is 42.7 Å². The lowest BCUT2D eigenvalue weighted by atomic mass is 10.0. The summed E-state index contributed by atoms with van der Waals surface area (Å²) in [5.41, 5.74) is 1.30. The number of ketones is 1. The highest BCUT2D eigenvalue weighted by Gasteiger charge is 2.48. The van der Waals surface area contributed by atoms with Gasteiger partial charge < -0.3 is 0 Å². The maximum atomic E-state index is 14.6. The molecule has 0 N–H and O–H groups in total. The fraction of sp³-hybridized carbons (Fsp3) is 0.333. The molecule has 1 aromatic carbocycles. The predicted octanol–water partition coefficient (Wildman–Crippen LogP) is 4.25. The Kier molecular flexibility index (Phi) is 7.19. The number of sulfonamides is 1. The number of aromatic nitrogens is 3. The summed E-state index contributed by atoms with van der Waals surface area (Å²) in [6.45, 7) is 1.44. The average Bonchev–Trinajstić information content (AvgIpc) is 3.17. The highest BCUT2D eigenvalue weighted by atomic mass is 32.2. The first kappa shape index (κ1) is 25.8. The van der Waals surface area contributed by atoms with E-state index in [1.54, 1.807) is 30.3 Å². The Bertz CT molecular complexity index is 1340. The summed E-state index contributed by atoms with van der Waals surface area (Å²) in [6.07, 6.45) is -2.79. The van der Waals surface area contributed by atoms with Crippen LogP contribution in [0, 0.1) is 0 Å². The van der Waals surface area contributed by atoms with E-state index in [2.05, 4.69) is 15.0 Å². The lowest BCUT2D eigenvalue weighted by Crippen LogP contribution is -2.44. The van der Waals surface area contributed by atoms with Crippen LogP contribution in [0.15, 0.2) is 66.0 Å². The monoisotopic (exact) mass is 522 g/mol. The third-order valence-electron chi connectivity index (χ3n) is 6.05. The fourth-order valence-corrected chi connectivity index (χ4v) is 6.02. The molecule has 0 amide bonds. The van der Waals surface area contributed by atoms with Crippen molar-refractivity contribution in [1.29, 1.82) is 0 Å². The van der Waals surface area contributed by atoms with E-state index < -0.39 is 46.1 Å². The molecule has 7 nitrogen and oxygen atoms in total. The summed E-state index contributed by atoms with van der Waals surface area (Å²) >= 11 is 0. The van der Waals surface area contributed by atoms with Crippen LogP contribution in [0.1, 0.15) is 31.3 Å². The molecule has 190 valence electrons. The van der Waals surface area contributed by atoms with Gasteiger partial charge in [0.05, 0.1) is 17.0 Å². The van der Waals surface area contributed by atoms with Gasteiger partial charge in [-0.2, -0.15) is 17.5 Å². The van der Waals surface area contributed by atoms with Gasteiger partial charge in [0.2, 0.25) is 15.8 Å². The average molecular weight is 523 g/mol. The van der Waals surface area contributed by atoms with Gasteiger partial charge >= 0.3 is 6.18 Å². The molecule has 4 rings (SSSR count). The lowest BCUT2D eigenvalue weighted by Gasteiger charge is -2.26. The first-order chi connectivity index (χ1) is 17.0. The zero-order valence-electron chi connectivity index (χ0n) is 19.1. The van der Waals surface area contributed by atoms with Gasteiger partial charge in [-0.1, -0.05) is 18.2 Å². The molecular formula is C24H22F4N4O3S. The number of rotatable bonds is 7. The quantitative estimate of drug-likeness (QED) is 0.431. The number of hydrogen-bond donors (Lipinski definition) is 0. The molecule has 0 radical (unpaired) electrons. The van der Waals surface area contributed by atoms with E-state index in [0.29, 0.717) is 16.8 Å². The number of alkyl halides is 4. The third-order valence-corrected chi connectivity index (χ3v) is 8.06.